The molecule has 0 saturated heterocycles. The lowest BCUT2D eigenvalue weighted by atomic mass is 9.69. The monoisotopic (exact) mass is 259 g/mol. The van der Waals surface area contributed by atoms with Gasteiger partial charge < -0.3 is 19.9 Å². The van der Waals surface area contributed by atoms with Crippen LogP contribution in [0.1, 0.15) is 17.5 Å². The Morgan fingerprint density at radius 1 is 1.47 bits per heavy atom. The minimum Gasteiger partial charge on any atom is -0.493 e. The smallest absolute Gasteiger partial charge is 0.166 e. The van der Waals surface area contributed by atoms with Crippen LogP contribution in [0, 0.1) is 0 Å². The number of hydrogen-bond acceptors (Lipinski definition) is 4. The molecule has 4 nitrogen and oxygen atoms in total. The zero-order chi connectivity index (χ0) is 13.0. The Labute approximate surface area is 112 Å². The van der Waals surface area contributed by atoms with Crippen molar-refractivity contribution in [2.24, 2.45) is 0 Å². The molecule has 1 aromatic carbocycles. The summed E-state index contributed by atoms with van der Waals surface area (Å²) in [5.41, 5.74) is 2.38. The van der Waals surface area contributed by atoms with Gasteiger partial charge in [0.2, 0.25) is 0 Å². The molecule has 0 aromatic heterocycles. The van der Waals surface area contributed by atoms with Crippen LogP contribution in [-0.4, -0.2) is 31.0 Å². The number of aliphatic hydroxyl groups is 1. The highest BCUT2D eigenvalue weighted by molar-refractivity contribution is 5.61. The van der Waals surface area contributed by atoms with E-state index in [2.05, 4.69) is 17.5 Å². The second kappa shape index (κ2) is 3.74. The predicted octanol–water partition coefficient (Wildman–Crippen LogP) is 1.12. The molecule has 0 saturated carbocycles. The summed E-state index contributed by atoms with van der Waals surface area (Å²) < 4.78 is 11.6. The van der Waals surface area contributed by atoms with Crippen molar-refractivity contribution in [1.82, 2.24) is 5.32 Å². The van der Waals surface area contributed by atoms with Gasteiger partial charge in [-0.2, -0.15) is 0 Å². The molecule has 3 aliphatic rings. The predicted molar refractivity (Wildman–Crippen MR) is 70.6 cm³/mol. The highest BCUT2D eigenvalue weighted by atomic mass is 16.5. The molecule has 0 radical (unpaired) electrons. The highest BCUT2D eigenvalue weighted by Gasteiger charge is 2.52. The number of ether oxygens (including phenoxy) is 2. The Morgan fingerprint density at radius 3 is 3.21 bits per heavy atom. The van der Waals surface area contributed by atoms with Crippen molar-refractivity contribution < 1.29 is 14.6 Å². The first-order valence-corrected chi connectivity index (χ1v) is 6.70. The lowest BCUT2D eigenvalue weighted by molar-refractivity contribution is 0.0859. The van der Waals surface area contributed by atoms with Crippen LogP contribution in [0.2, 0.25) is 0 Å². The molecular weight excluding hydrogens is 242 g/mol. The van der Waals surface area contributed by atoms with E-state index in [0.29, 0.717) is 6.42 Å². The van der Waals surface area contributed by atoms with E-state index in [1.165, 1.54) is 11.1 Å². The van der Waals surface area contributed by atoms with E-state index in [9.17, 15) is 5.11 Å². The summed E-state index contributed by atoms with van der Waals surface area (Å²) in [6.45, 7) is 1.72. The largest absolute Gasteiger partial charge is 0.493 e. The normalized spacial score (nSPS) is 34.4. The van der Waals surface area contributed by atoms with Gasteiger partial charge in [-0.1, -0.05) is 18.2 Å². The van der Waals surface area contributed by atoms with Gasteiger partial charge in [-0.15, -0.1) is 0 Å². The minimum atomic E-state index is -0.415. The maximum atomic E-state index is 9.84. The van der Waals surface area contributed by atoms with Crippen molar-refractivity contribution in [3.8, 4) is 11.5 Å². The molecule has 3 atom stereocenters. The topological polar surface area (TPSA) is 50.7 Å². The molecule has 2 N–H and O–H groups in total. The number of aliphatic hydroxyl groups excluding tert-OH is 1. The van der Waals surface area contributed by atoms with Gasteiger partial charge in [0.1, 0.15) is 6.10 Å². The molecule has 2 heterocycles. The summed E-state index contributed by atoms with van der Waals surface area (Å²) in [7, 11) is 1.67. The first kappa shape index (κ1) is 11.3. The molecule has 19 heavy (non-hydrogen) atoms. The molecule has 1 aliphatic carbocycles. The molecule has 0 bridgehead atoms. The maximum absolute atomic E-state index is 9.84. The standard InChI is InChI=1S/C15H17NO3/c1-18-11-3-2-9-7-16-8-15-5-4-10(17)6-12(15)19-14(11)13(9)15/h2-5,10,12,16-17H,6-8H2,1H3/t10-,12?,15?/m0/s1. The summed E-state index contributed by atoms with van der Waals surface area (Å²) >= 11 is 0. The number of nitrogens with one attached hydrogen (secondary N) is 1. The Balaban J connectivity index is 1.96. The van der Waals surface area contributed by atoms with Crippen LogP contribution >= 0.6 is 0 Å². The summed E-state index contributed by atoms with van der Waals surface area (Å²) in [5.74, 6) is 1.66. The van der Waals surface area contributed by atoms with Crippen molar-refractivity contribution in [2.75, 3.05) is 13.7 Å². The van der Waals surface area contributed by atoms with Crippen LogP contribution in [0.5, 0.6) is 11.5 Å². The van der Waals surface area contributed by atoms with E-state index in [0.717, 1.165) is 24.6 Å². The molecule has 2 unspecified atom stereocenters. The van der Waals surface area contributed by atoms with Gasteiger partial charge in [0.15, 0.2) is 11.5 Å². The Hall–Kier alpha value is -1.52. The van der Waals surface area contributed by atoms with Crippen LogP contribution in [0.3, 0.4) is 0 Å². The molecule has 0 amide bonds. The van der Waals surface area contributed by atoms with Crippen LogP contribution in [-0.2, 0) is 12.0 Å². The Morgan fingerprint density at radius 2 is 2.37 bits per heavy atom. The molecular formula is C15H17NO3. The highest BCUT2D eigenvalue weighted by Crippen LogP contribution is 2.53. The Kier molecular flexibility index (Phi) is 2.23. The number of benzene rings is 1. The van der Waals surface area contributed by atoms with E-state index >= 15 is 0 Å². The second-order valence-electron chi connectivity index (χ2n) is 5.54. The van der Waals surface area contributed by atoms with Crippen molar-refractivity contribution in [3.63, 3.8) is 0 Å². The quantitative estimate of drug-likeness (QED) is 0.742. The average molecular weight is 259 g/mol. The van der Waals surface area contributed by atoms with Gasteiger partial charge >= 0.3 is 0 Å². The third-order valence-corrected chi connectivity index (χ3v) is 4.53. The number of methoxy groups -OCH3 is 1. The first-order chi connectivity index (χ1) is 9.24. The zero-order valence-electron chi connectivity index (χ0n) is 10.8. The molecule has 1 aromatic rings. The fourth-order valence-electron chi connectivity index (χ4n) is 3.64. The second-order valence-corrected chi connectivity index (χ2v) is 5.54. The van der Waals surface area contributed by atoms with Crippen molar-refractivity contribution in [3.05, 3.63) is 35.4 Å². The van der Waals surface area contributed by atoms with E-state index in [1.807, 2.05) is 12.1 Å². The van der Waals surface area contributed by atoms with Gasteiger partial charge in [0.25, 0.3) is 0 Å². The summed E-state index contributed by atoms with van der Waals surface area (Å²) in [4.78, 5) is 0. The molecule has 0 fully saturated rings. The summed E-state index contributed by atoms with van der Waals surface area (Å²) in [5, 5.41) is 13.3. The van der Waals surface area contributed by atoms with Crippen molar-refractivity contribution >= 4 is 0 Å². The first-order valence-electron chi connectivity index (χ1n) is 6.70. The fraction of sp³-hybridized carbons (Fsp3) is 0.467. The van der Waals surface area contributed by atoms with Gasteiger partial charge in [-0.25, -0.2) is 0 Å². The van der Waals surface area contributed by atoms with Crippen molar-refractivity contribution in [2.45, 2.75) is 30.6 Å². The van der Waals surface area contributed by atoms with Gasteiger partial charge in [0, 0.05) is 25.1 Å². The van der Waals surface area contributed by atoms with Crippen LogP contribution < -0.4 is 14.8 Å². The third kappa shape index (κ3) is 1.36. The van der Waals surface area contributed by atoms with Crippen LogP contribution in [0.25, 0.3) is 0 Å². The average Bonchev–Trinajstić information content (AvgIpc) is 2.76. The maximum Gasteiger partial charge on any atom is 0.166 e. The van der Waals surface area contributed by atoms with Crippen molar-refractivity contribution in [1.29, 1.82) is 0 Å². The number of rotatable bonds is 1. The SMILES string of the molecule is COc1ccc2c3c1OC1C[C@@H](O)C=CC31CNC2. The van der Waals surface area contributed by atoms with E-state index in [4.69, 9.17) is 9.47 Å². The minimum absolute atomic E-state index is 0.00894. The molecule has 100 valence electrons. The van der Waals surface area contributed by atoms with Gasteiger partial charge in [0.05, 0.1) is 18.6 Å². The van der Waals surface area contributed by atoms with Gasteiger partial charge in [-0.05, 0) is 11.6 Å². The molecule has 4 heteroatoms. The van der Waals surface area contributed by atoms with Crippen LogP contribution in [0.15, 0.2) is 24.3 Å². The molecule has 4 rings (SSSR count). The third-order valence-electron chi connectivity index (χ3n) is 4.53. The van der Waals surface area contributed by atoms with E-state index in [1.54, 1.807) is 7.11 Å². The zero-order valence-corrected chi connectivity index (χ0v) is 10.8. The lowest BCUT2D eigenvalue weighted by Gasteiger charge is -2.39. The Bertz CT molecular complexity index is 569. The van der Waals surface area contributed by atoms with E-state index < -0.39 is 6.10 Å². The molecule has 1 spiro atoms. The number of hydrogen-bond donors (Lipinski definition) is 2. The molecule has 2 aliphatic heterocycles. The lowest BCUT2D eigenvalue weighted by Crippen LogP contribution is -2.50. The summed E-state index contributed by atoms with van der Waals surface area (Å²) in [6.07, 6.45) is 4.22. The van der Waals surface area contributed by atoms with E-state index in [-0.39, 0.29) is 11.5 Å². The van der Waals surface area contributed by atoms with Gasteiger partial charge in [-0.3, -0.25) is 0 Å². The van der Waals surface area contributed by atoms with Crippen LogP contribution in [0.4, 0.5) is 0 Å². The summed E-state index contributed by atoms with van der Waals surface area (Å²) in [6, 6.07) is 4.07. The fourth-order valence-corrected chi connectivity index (χ4v) is 3.64.